The SMILES string of the molecule is CC(C)(C)c1ccc(C(c2ccc(C(C)(C)C)cc2)c2cc3c4c(c2)N2c5c(cc(C(C)(C)C)cc5C5(C)CCCCC25C)B4C2=C(c4cc(C(C)(C)C)ccc4C2(C)C)N3c2ccc(C(C)(C)C)cc2-c2ccccc2)cc1. The van der Waals surface area contributed by atoms with Gasteiger partial charge in [-0.05, 0) is 149 Å². The van der Waals surface area contributed by atoms with E-state index < -0.39 is 0 Å². The maximum atomic E-state index is 2.97. The van der Waals surface area contributed by atoms with Crippen molar-refractivity contribution in [2.45, 2.75) is 207 Å². The first-order valence-electron chi connectivity index (χ1n) is 30.1. The van der Waals surface area contributed by atoms with Gasteiger partial charge >= 0.3 is 0 Å². The smallest absolute Gasteiger partial charge is 0.248 e. The summed E-state index contributed by atoms with van der Waals surface area (Å²) in [5, 5.41) is 0. The predicted octanol–water partition coefficient (Wildman–Crippen LogP) is 19.1. The lowest BCUT2D eigenvalue weighted by molar-refractivity contribution is 0.195. The molecule has 3 heteroatoms. The molecule has 0 aromatic heterocycles. The molecule has 12 rings (SSSR count). The average Bonchev–Trinajstić information content (AvgIpc) is 2.41. The molecule has 2 atom stereocenters. The minimum Gasteiger partial charge on any atom is -0.335 e. The molecule has 0 N–H and O–H groups in total. The third kappa shape index (κ3) is 8.14. The van der Waals surface area contributed by atoms with Crippen molar-refractivity contribution in [2.24, 2.45) is 0 Å². The normalized spacial score (nSPS) is 20.3. The molecule has 7 aromatic carbocycles. The van der Waals surface area contributed by atoms with Crippen LogP contribution in [0.2, 0.25) is 0 Å². The molecule has 0 amide bonds. The highest BCUT2D eigenvalue weighted by molar-refractivity contribution is 6.96. The topological polar surface area (TPSA) is 6.48 Å². The number of hydrogen-bond acceptors (Lipinski definition) is 2. The number of fused-ring (bicyclic) bond motifs is 8. The van der Waals surface area contributed by atoms with Gasteiger partial charge in [0.15, 0.2) is 0 Å². The van der Waals surface area contributed by atoms with E-state index in [1.165, 1.54) is 131 Å². The first-order chi connectivity index (χ1) is 36.8. The van der Waals surface area contributed by atoms with Gasteiger partial charge in [0.1, 0.15) is 0 Å². The van der Waals surface area contributed by atoms with E-state index in [0.29, 0.717) is 0 Å². The molecule has 0 spiro atoms. The average molecular weight is 1040 g/mol. The Balaban J connectivity index is 1.28. The zero-order chi connectivity index (χ0) is 56.5. The second-order valence-corrected chi connectivity index (χ2v) is 31.0. The Labute approximate surface area is 477 Å². The molecule has 1 saturated carbocycles. The molecule has 406 valence electrons. The number of allylic oxidation sites excluding steroid dienone is 1. The van der Waals surface area contributed by atoms with Gasteiger partial charge in [0, 0.05) is 50.6 Å². The van der Waals surface area contributed by atoms with Crippen molar-refractivity contribution in [2.75, 3.05) is 9.80 Å². The van der Waals surface area contributed by atoms with Gasteiger partial charge in [0.25, 0.3) is 0 Å². The van der Waals surface area contributed by atoms with E-state index in [9.17, 15) is 0 Å². The fourth-order valence-electron chi connectivity index (χ4n) is 15.2. The maximum absolute atomic E-state index is 2.97. The molecular weight excluding hydrogens is 952 g/mol. The number of nitrogens with zero attached hydrogens (tertiary/aromatic N) is 2. The summed E-state index contributed by atoms with van der Waals surface area (Å²) in [6.07, 6.45) is 4.81. The van der Waals surface area contributed by atoms with Crippen LogP contribution in [0.15, 0.2) is 145 Å². The van der Waals surface area contributed by atoms with Crippen molar-refractivity contribution in [1.82, 2.24) is 0 Å². The van der Waals surface area contributed by atoms with E-state index in [1.54, 1.807) is 5.56 Å². The van der Waals surface area contributed by atoms with Gasteiger partial charge in [-0.1, -0.05) is 252 Å². The van der Waals surface area contributed by atoms with Crippen molar-refractivity contribution in [3.05, 3.63) is 206 Å². The standard InChI is InChI=1S/C76H89BN2/c1-69(2,3)51-31-27-48(28-32-51)64(49-29-33-52(34-30-49)70(4,5)6)50-41-62-65-63(42-50)79-67-59(75(18)39-23-24-40-76(75,79)19)45-55(73(13,14)15)46-60(67)77(65)68-66(57-44-53(71(7,8)9)35-37-58(57)74(68,16)17)78(62)61-38-36-54(72(10,11)12)43-56(61)47-25-21-20-22-26-47/h20-22,25-38,41-46,64H,23-24,39-40H2,1-19H3. The number of anilines is 4. The van der Waals surface area contributed by atoms with E-state index in [0.717, 1.165) is 6.42 Å². The van der Waals surface area contributed by atoms with Gasteiger partial charge in [0.2, 0.25) is 6.71 Å². The van der Waals surface area contributed by atoms with Crippen LogP contribution >= 0.6 is 0 Å². The Bertz CT molecular complexity index is 3570. The van der Waals surface area contributed by atoms with Crippen molar-refractivity contribution >= 4 is 46.1 Å². The molecule has 2 unspecified atom stereocenters. The summed E-state index contributed by atoms with van der Waals surface area (Å²) in [5.41, 5.74) is 28.5. The van der Waals surface area contributed by atoms with Crippen LogP contribution in [0, 0.1) is 0 Å². The quantitative estimate of drug-likeness (QED) is 0.125. The fourth-order valence-corrected chi connectivity index (χ4v) is 15.2. The highest BCUT2D eigenvalue weighted by Gasteiger charge is 2.63. The number of rotatable bonds is 5. The molecule has 2 nitrogen and oxygen atoms in total. The van der Waals surface area contributed by atoms with E-state index >= 15 is 0 Å². The van der Waals surface area contributed by atoms with Gasteiger partial charge in [0.05, 0.1) is 11.2 Å². The van der Waals surface area contributed by atoms with Crippen molar-refractivity contribution in [3.8, 4) is 11.1 Å². The zero-order valence-electron chi connectivity index (χ0n) is 51.7. The largest absolute Gasteiger partial charge is 0.335 e. The van der Waals surface area contributed by atoms with Crippen LogP contribution in [0.3, 0.4) is 0 Å². The van der Waals surface area contributed by atoms with Gasteiger partial charge in [-0.2, -0.15) is 0 Å². The first-order valence-corrected chi connectivity index (χ1v) is 30.1. The van der Waals surface area contributed by atoms with E-state index in [4.69, 9.17) is 0 Å². The third-order valence-corrected chi connectivity index (χ3v) is 20.3. The molecule has 7 aromatic rings. The number of hydrogen-bond donors (Lipinski definition) is 0. The number of benzene rings is 7. The summed E-state index contributed by atoms with van der Waals surface area (Å²) >= 11 is 0. The lowest BCUT2D eigenvalue weighted by Crippen LogP contribution is -2.62. The fraction of sp³-hybridized carbons (Fsp3) is 0.421. The van der Waals surface area contributed by atoms with E-state index in [-0.39, 0.29) is 56.1 Å². The summed E-state index contributed by atoms with van der Waals surface area (Å²) < 4.78 is 0. The Kier molecular flexibility index (Phi) is 11.9. The highest BCUT2D eigenvalue weighted by atomic mass is 15.3. The van der Waals surface area contributed by atoms with Crippen LogP contribution in [-0.4, -0.2) is 12.3 Å². The minimum atomic E-state index is -0.298. The highest BCUT2D eigenvalue weighted by Crippen LogP contribution is 2.65. The van der Waals surface area contributed by atoms with Gasteiger partial charge in [-0.3, -0.25) is 0 Å². The molecule has 79 heavy (non-hydrogen) atoms. The lowest BCUT2D eigenvalue weighted by atomic mass is 9.30. The van der Waals surface area contributed by atoms with Crippen LogP contribution in [0.5, 0.6) is 0 Å². The second kappa shape index (κ2) is 17.5. The maximum Gasteiger partial charge on any atom is 0.248 e. The van der Waals surface area contributed by atoms with Gasteiger partial charge < -0.3 is 9.80 Å². The molecule has 5 aliphatic rings. The van der Waals surface area contributed by atoms with Gasteiger partial charge in [-0.15, -0.1) is 0 Å². The third-order valence-electron chi connectivity index (χ3n) is 20.3. The zero-order valence-corrected chi connectivity index (χ0v) is 51.7. The Hall–Kier alpha value is -6.06. The summed E-state index contributed by atoms with van der Waals surface area (Å²) in [7, 11) is 0. The molecule has 1 fully saturated rings. The summed E-state index contributed by atoms with van der Waals surface area (Å²) in [4.78, 5) is 5.80. The van der Waals surface area contributed by atoms with Crippen LogP contribution in [0.4, 0.5) is 22.7 Å². The molecule has 0 bridgehead atoms. The summed E-state index contributed by atoms with van der Waals surface area (Å²) in [5.74, 6) is -0.0331. The van der Waals surface area contributed by atoms with Crippen molar-refractivity contribution in [3.63, 3.8) is 0 Å². The van der Waals surface area contributed by atoms with Crippen LogP contribution in [0.1, 0.15) is 224 Å². The monoisotopic (exact) mass is 1040 g/mol. The lowest BCUT2D eigenvalue weighted by Gasteiger charge is -2.53. The molecule has 3 aliphatic heterocycles. The Morgan fingerprint density at radius 1 is 0.443 bits per heavy atom. The van der Waals surface area contributed by atoms with Crippen LogP contribution < -0.4 is 20.7 Å². The van der Waals surface area contributed by atoms with Crippen LogP contribution in [-0.2, 0) is 37.9 Å². The Morgan fingerprint density at radius 2 is 0.949 bits per heavy atom. The van der Waals surface area contributed by atoms with Crippen LogP contribution in [0.25, 0.3) is 16.8 Å². The second-order valence-electron chi connectivity index (χ2n) is 31.0. The summed E-state index contributed by atoms with van der Waals surface area (Å²) in [6, 6.07) is 56.6. The molecule has 0 radical (unpaired) electrons. The van der Waals surface area contributed by atoms with Crippen molar-refractivity contribution < 1.29 is 0 Å². The molecule has 3 heterocycles. The van der Waals surface area contributed by atoms with Gasteiger partial charge in [-0.25, -0.2) is 0 Å². The molecule has 2 aliphatic carbocycles. The summed E-state index contributed by atoms with van der Waals surface area (Å²) in [6.45, 7) is 46.0. The van der Waals surface area contributed by atoms with Crippen molar-refractivity contribution in [1.29, 1.82) is 0 Å². The molecule has 0 saturated heterocycles. The molecular formula is C76H89BN2. The van der Waals surface area contributed by atoms with E-state index in [1.807, 2.05) is 0 Å². The Morgan fingerprint density at radius 3 is 1.51 bits per heavy atom. The minimum absolute atomic E-state index is 0.0232. The van der Waals surface area contributed by atoms with E-state index in [2.05, 4.69) is 281 Å². The predicted molar refractivity (Wildman–Crippen MR) is 342 cm³/mol. The first kappa shape index (κ1) is 53.6.